The maximum atomic E-state index is 5.64. The van der Waals surface area contributed by atoms with Crippen molar-refractivity contribution in [2.24, 2.45) is 4.99 Å². The highest BCUT2D eigenvalue weighted by Crippen LogP contribution is 2.46. The largest absolute Gasteiger partial charge is 0.373 e. The molecular weight excluding hydrogens is 256 g/mol. The Balaban J connectivity index is 1.79. The van der Waals surface area contributed by atoms with Crippen molar-refractivity contribution in [3.63, 3.8) is 0 Å². The minimum atomic E-state index is 0.231. The SMILES string of the molecule is C=C1C=C(COC(C)C)N=C2SC3=C(CCCC3)N12. The van der Waals surface area contributed by atoms with Gasteiger partial charge in [0.1, 0.15) is 0 Å². The Labute approximate surface area is 119 Å². The first-order chi connectivity index (χ1) is 9.15. The molecule has 2 heterocycles. The number of allylic oxidation sites excluding steroid dienone is 3. The van der Waals surface area contributed by atoms with Crippen LogP contribution >= 0.6 is 11.8 Å². The van der Waals surface area contributed by atoms with Crippen LogP contribution in [0.4, 0.5) is 0 Å². The average Bonchev–Trinajstić information content (AvgIpc) is 2.74. The number of hydrogen-bond donors (Lipinski definition) is 0. The van der Waals surface area contributed by atoms with Crippen LogP contribution in [0.2, 0.25) is 0 Å². The summed E-state index contributed by atoms with van der Waals surface area (Å²) in [5.74, 6) is 0. The maximum Gasteiger partial charge on any atom is 0.177 e. The van der Waals surface area contributed by atoms with Crippen LogP contribution in [-0.2, 0) is 4.74 Å². The molecule has 0 aromatic heterocycles. The van der Waals surface area contributed by atoms with E-state index in [1.54, 1.807) is 0 Å². The van der Waals surface area contributed by atoms with Crippen molar-refractivity contribution in [1.29, 1.82) is 0 Å². The van der Waals surface area contributed by atoms with Crippen LogP contribution in [-0.4, -0.2) is 22.8 Å². The summed E-state index contributed by atoms with van der Waals surface area (Å²) < 4.78 is 5.64. The van der Waals surface area contributed by atoms with Crippen molar-refractivity contribution < 1.29 is 4.74 Å². The molecule has 3 rings (SSSR count). The van der Waals surface area contributed by atoms with E-state index in [1.165, 1.54) is 29.9 Å². The van der Waals surface area contributed by atoms with Crippen LogP contribution in [0.15, 0.2) is 39.6 Å². The predicted octanol–water partition coefficient (Wildman–Crippen LogP) is 4.01. The van der Waals surface area contributed by atoms with E-state index in [2.05, 4.69) is 17.6 Å². The molecule has 1 aliphatic carbocycles. The fourth-order valence-electron chi connectivity index (χ4n) is 2.59. The molecule has 3 aliphatic rings. The van der Waals surface area contributed by atoms with Crippen molar-refractivity contribution in [2.75, 3.05) is 6.61 Å². The van der Waals surface area contributed by atoms with E-state index in [4.69, 9.17) is 9.73 Å². The molecule has 0 unspecified atom stereocenters. The second kappa shape index (κ2) is 5.17. The Hall–Kier alpha value is -1.00. The van der Waals surface area contributed by atoms with Gasteiger partial charge in [-0.3, -0.25) is 4.90 Å². The fraction of sp³-hybridized carbons (Fsp3) is 0.533. The summed E-state index contributed by atoms with van der Waals surface area (Å²) in [6.45, 7) is 8.85. The van der Waals surface area contributed by atoms with Gasteiger partial charge in [0.15, 0.2) is 5.17 Å². The molecule has 4 heteroatoms. The van der Waals surface area contributed by atoms with Crippen LogP contribution in [0.1, 0.15) is 39.5 Å². The van der Waals surface area contributed by atoms with Gasteiger partial charge in [-0.05, 0) is 45.6 Å². The third-order valence-corrected chi connectivity index (χ3v) is 4.63. The lowest BCUT2D eigenvalue weighted by molar-refractivity contribution is 0.0965. The highest BCUT2D eigenvalue weighted by Gasteiger charge is 2.34. The van der Waals surface area contributed by atoms with E-state index in [9.17, 15) is 0 Å². The van der Waals surface area contributed by atoms with E-state index in [-0.39, 0.29) is 6.10 Å². The second-order valence-corrected chi connectivity index (χ2v) is 6.46. The first-order valence-corrected chi connectivity index (χ1v) is 7.76. The van der Waals surface area contributed by atoms with Gasteiger partial charge in [0.25, 0.3) is 0 Å². The third-order valence-electron chi connectivity index (χ3n) is 3.49. The van der Waals surface area contributed by atoms with Gasteiger partial charge in [-0.15, -0.1) is 0 Å². The first-order valence-electron chi connectivity index (χ1n) is 6.95. The zero-order chi connectivity index (χ0) is 13.4. The van der Waals surface area contributed by atoms with Gasteiger partial charge >= 0.3 is 0 Å². The lowest BCUT2D eigenvalue weighted by atomic mass is 10.0. The van der Waals surface area contributed by atoms with Gasteiger partial charge in [0.05, 0.1) is 18.4 Å². The van der Waals surface area contributed by atoms with Crippen molar-refractivity contribution in [3.05, 3.63) is 34.7 Å². The Morgan fingerprint density at radius 1 is 1.42 bits per heavy atom. The van der Waals surface area contributed by atoms with E-state index < -0.39 is 0 Å². The van der Waals surface area contributed by atoms with Gasteiger partial charge in [-0.1, -0.05) is 18.3 Å². The molecule has 0 radical (unpaired) electrons. The third kappa shape index (κ3) is 2.51. The van der Waals surface area contributed by atoms with Crippen LogP contribution in [0.25, 0.3) is 0 Å². The number of aliphatic imine (C=N–C) groups is 1. The maximum absolute atomic E-state index is 5.64. The zero-order valence-corrected chi connectivity index (χ0v) is 12.4. The minimum Gasteiger partial charge on any atom is -0.373 e. The lowest BCUT2D eigenvalue weighted by Gasteiger charge is -2.27. The Morgan fingerprint density at radius 3 is 3.00 bits per heavy atom. The number of ether oxygens (including phenoxy) is 1. The molecule has 0 spiro atoms. The van der Waals surface area contributed by atoms with Crippen molar-refractivity contribution in [1.82, 2.24) is 4.90 Å². The summed E-state index contributed by atoms with van der Waals surface area (Å²) in [7, 11) is 0. The molecule has 0 atom stereocenters. The molecule has 0 bridgehead atoms. The predicted molar refractivity (Wildman–Crippen MR) is 80.7 cm³/mol. The second-order valence-electron chi connectivity index (χ2n) is 5.40. The van der Waals surface area contributed by atoms with Gasteiger partial charge in [0, 0.05) is 16.3 Å². The Kier molecular flexibility index (Phi) is 3.54. The number of thioether (sulfide) groups is 1. The summed E-state index contributed by atoms with van der Waals surface area (Å²) in [5, 5.41) is 1.07. The topological polar surface area (TPSA) is 24.8 Å². The summed E-state index contributed by atoms with van der Waals surface area (Å²) >= 11 is 1.82. The van der Waals surface area contributed by atoms with E-state index >= 15 is 0 Å². The summed E-state index contributed by atoms with van der Waals surface area (Å²) in [5.41, 5.74) is 3.45. The van der Waals surface area contributed by atoms with Gasteiger partial charge in [-0.2, -0.15) is 0 Å². The molecule has 3 nitrogen and oxygen atoms in total. The molecule has 0 saturated carbocycles. The number of rotatable bonds is 3. The summed E-state index contributed by atoms with van der Waals surface area (Å²) in [6.07, 6.45) is 7.22. The summed E-state index contributed by atoms with van der Waals surface area (Å²) in [4.78, 5) is 8.45. The highest BCUT2D eigenvalue weighted by atomic mass is 32.2. The minimum absolute atomic E-state index is 0.231. The Bertz CT molecular complexity index is 502. The fourth-order valence-corrected chi connectivity index (χ4v) is 3.85. The van der Waals surface area contributed by atoms with E-state index in [0.29, 0.717) is 6.61 Å². The van der Waals surface area contributed by atoms with Crippen LogP contribution in [0, 0.1) is 0 Å². The molecule has 0 fully saturated rings. The summed E-state index contributed by atoms with van der Waals surface area (Å²) in [6, 6.07) is 0. The number of hydrogen-bond acceptors (Lipinski definition) is 4. The smallest absolute Gasteiger partial charge is 0.177 e. The Morgan fingerprint density at radius 2 is 2.21 bits per heavy atom. The van der Waals surface area contributed by atoms with Crippen molar-refractivity contribution >= 4 is 16.9 Å². The van der Waals surface area contributed by atoms with Crippen LogP contribution in [0.5, 0.6) is 0 Å². The standard InChI is InChI=1S/C15H20N2OS/c1-10(2)18-9-12-8-11(3)17-13-6-4-5-7-14(13)19-15(17)16-12/h8,10H,3-7,9H2,1-2H3. The van der Waals surface area contributed by atoms with Crippen molar-refractivity contribution in [2.45, 2.75) is 45.6 Å². The normalized spacial score (nSPS) is 22.5. The average molecular weight is 276 g/mol. The van der Waals surface area contributed by atoms with Gasteiger partial charge < -0.3 is 4.74 Å². The molecule has 102 valence electrons. The molecule has 19 heavy (non-hydrogen) atoms. The number of fused-ring (bicyclic) bond motifs is 2. The van der Waals surface area contributed by atoms with E-state index in [1.807, 2.05) is 25.6 Å². The number of amidine groups is 1. The molecule has 0 amide bonds. The van der Waals surface area contributed by atoms with Crippen LogP contribution in [0.3, 0.4) is 0 Å². The lowest BCUT2D eigenvalue weighted by Crippen LogP contribution is -2.26. The van der Waals surface area contributed by atoms with Crippen molar-refractivity contribution in [3.8, 4) is 0 Å². The molecule has 0 N–H and O–H groups in total. The zero-order valence-electron chi connectivity index (χ0n) is 11.6. The molecule has 0 saturated heterocycles. The van der Waals surface area contributed by atoms with Gasteiger partial charge in [0.2, 0.25) is 0 Å². The molecule has 0 aromatic carbocycles. The van der Waals surface area contributed by atoms with E-state index in [0.717, 1.165) is 23.0 Å². The molecular formula is C15H20N2OS. The monoisotopic (exact) mass is 276 g/mol. The quantitative estimate of drug-likeness (QED) is 0.778. The molecule has 2 aliphatic heterocycles. The first kappa shape index (κ1) is 13.0. The van der Waals surface area contributed by atoms with Gasteiger partial charge in [-0.25, -0.2) is 4.99 Å². The van der Waals surface area contributed by atoms with Crippen LogP contribution < -0.4 is 0 Å². The molecule has 0 aromatic rings. The number of nitrogens with zero attached hydrogens (tertiary/aromatic N) is 2. The highest BCUT2D eigenvalue weighted by molar-refractivity contribution is 8.17.